The number of benzene rings is 1. The van der Waals surface area contributed by atoms with Gasteiger partial charge in [-0.05, 0) is 49.5 Å². The zero-order valence-corrected chi connectivity index (χ0v) is 18.3. The number of hydrogen-bond acceptors (Lipinski definition) is 8. The van der Waals surface area contributed by atoms with Gasteiger partial charge in [-0.2, -0.15) is 5.10 Å². The average molecular weight is 456 g/mol. The highest BCUT2D eigenvalue weighted by atomic mass is 16.5. The van der Waals surface area contributed by atoms with E-state index in [1.165, 1.54) is 0 Å². The number of carbonyl (C=O) groups is 1. The number of nitrogens with one attached hydrogen (secondary N) is 1. The summed E-state index contributed by atoms with van der Waals surface area (Å²) in [5.41, 5.74) is 3.42. The van der Waals surface area contributed by atoms with E-state index in [2.05, 4.69) is 28.1 Å². The topological polar surface area (TPSA) is 145 Å². The van der Waals surface area contributed by atoms with E-state index in [1.807, 2.05) is 12.1 Å². The normalized spacial score (nSPS) is 29.8. The van der Waals surface area contributed by atoms with Gasteiger partial charge in [0.2, 0.25) is 0 Å². The van der Waals surface area contributed by atoms with Gasteiger partial charge in [0.15, 0.2) is 0 Å². The van der Waals surface area contributed by atoms with E-state index in [-0.39, 0.29) is 11.9 Å². The number of ether oxygens (including phenoxy) is 2. The highest BCUT2D eigenvalue weighted by molar-refractivity contribution is 5.88. The van der Waals surface area contributed by atoms with Crippen LogP contribution in [0.2, 0.25) is 0 Å². The molecule has 9 heteroatoms. The molecule has 1 unspecified atom stereocenters. The fourth-order valence-electron chi connectivity index (χ4n) is 4.28. The lowest BCUT2D eigenvalue weighted by Crippen LogP contribution is -2.58. The summed E-state index contributed by atoms with van der Waals surface area (Å²) in [6.45, 7) is 1.67. The molecule has 5 N–H and O–H groups in total. The monoisotopic (exact) mass is 456 g/mol. The second-order valence-corrected chi connectivity index (χ2v) is 8.33. The van der Waals surface area contributed by atoms with E-state index in [9.17, 15) is 25.2 Å². The summed E-state index contributed by atoms with van der Waals surface area (Å²) in [5, 5.41) is 47.5. The van der Waals surface area contributed by atoms with Crippen LogP contribution in [0.1, 0.15) is 37.3 Å². The summed E-state index contributed by atoms with van der Waals surface area (Å²) < 4.78 is 10.6. The Kier molecular flexibility index (Phi) is 7.12. The Morgan fingerprint density at radius 3 is 2.79 bits per heavy atom. The second-order valence-electron chi connectivity index (χ2n) is 8.33. The van der Waals surface area contributed by atoms with Crippen LogP contribution in [0.4, 0.5) is 0 Å². The summed E-state index contributed by atoms with van der Waals surface area (Å²) >= 11 is 0. The van der Waals surface area contributed by atoms with E-state index in [4.69, 9.17) is 9.47 Å². The maximum Gasteiger partial charge on any atom is 0.309 e. The predicted molar refractivity (Wildman–Crippen MR) is 119 cm³/mol. The number of hydrogen-bond donors (Lipinski definition) is 5. The molecular weight excluding hydrogens is 428 g/mol. The maximum absolute atomic E-state index is 12.0. The number of aromatic nitrogens is 2. The number of aliphatic hydroxyl groups is 4. The molecular formula is C24H28N2O7. The molecule has 2 heterocycles. The largest absolute Gasteiger partial charge is 0.466 e. The number of carbonyl (C=O) groups excluding carboxylic acids is 1. The molecule has 9 nitrogen and oxygen atoms in total. The van der Waals surface area contributed by atoms with Crippen molar-refractivity contribution in [3.63, 3.8) is 0 Å². The lowest BCUT2D eigenvalue weighted by molar-refractivity contribution is -0.214. The highest BCUT2D eigenvalue weighted by Gasteiger charge is 2.42. The van der Waals surface area contributed by atoms with Crippen LogP contribution < -0.4 is 0 Å². The summed E-state index contributed by atoms with van der Waals surface area (Å²) in [7, 11) is 0. The summed E-state index contributed by atoms with van der Waals surface area (Å²) in [5.74, 6) is 5.52. The van der Waals surface area contributed by atoms with Crippen LogP contribution in [0, 0.1) is 17.8 Å². The van der Waals surface area contributed by atoms with Crippen molar-refractivity contribution in [2.24, 2.45) is 5.92 Å². The third-order valence-electron chi connectivity index (χ3n) is 6.19. The molecule has 4 rings (SSSR count). The smallest absolute Gasteiger partial charge is 0.309 e. The van der Waals surface area contributed by atoms with E-state index in [0.29, 0.717) is 25.0 Å². The quantitative estimate of drug-likeness (QED) is 0.330. The number of rotatable bonds is 4. The minimum atomic E-state index is -1.48. The molecule has 0 radical (unpaired) electrons. The number of fused-ring (bicyclic) bond motifs is 1. The molecule has 1 aromatic heterocycles. The molecule has 1 aliphatic heterocycles. The molecule has 1 saturated heterocycles. The molecule has 176 valence electrons. The van der Waals surface area contributed by atoms with Gasteiger partial charge >= 0.3 is 5.97 Å². The second kappa shape index (κ2) is 10.0. The first-order valence-electron chi connectivity index (χ1n) is 11.1. The van der Waals surface area contributed by atoms with Crippen LogP contribution in [0.25, 0.3) is 16.5 Å². The molecule has 2 aliphatic rings. The maximum atomic E-state index is 12.0. The van der Waals surface area contributed by atoms with Crippen molar-refractivity contribution in [2.75, 3.05) is 13.2 Å². The fraction of sp³-hybridized carbons (Fsp3) is 0.500. The number of aromatic amines is 1. The average Bonchev–Trinajstić information content (AvgIpc) is 3.31. The Labute approximate surface area is 191 Å². The SMILES string of the molecule is CCOC(=O)C1CC=C(c2cc(C#C[C@H]3O[C@H](CO)[C@@H](O)[C@H](O)[C@@H]3O)c3[nH]ncc3c2)CC1. The van der Waals surface area contributed by atoms with Gasteiger partial charge in [-0.3, -0.25) is 9.89 Å². The van der Waals surface area contributed by atoms with Gasteiger partial charge in [0.05, 0.1) is 36.4 Å². The number of aliphatic hydroxyl groups excluding tert-OH is 4. The van der Waals surface area contributed by atoms with Crippen molar-refractivity contribution < 1.29 is 34.7 Å². The zero-order chi connectivity index (χ0) is 23.5. The Balaban J connectivity index is 1.60. The molecule has 33 heavy (non-hydrogen) atoms. The molecule has 0 bridgehead atoms. The predicted octanol–water partition coefficient (Wildman–Crippen LogP) is 0.503. The van der Waals surface area contributed by atoms with Crippen LogP contribution >= 0.6 is 0 Å². The summed E-state index contributed by atoms with van der Waals surface area (Å²) in [6.07, 6.45) is -0.616. The standard InChI is InChI=1S/C24H28N2O7/c1-2-32-24(31)14-5-3-13(4-6-14)16-9-15(20-17(10-16)11-25-26-20)7-8-18-21(28)23(30)22(29)19(12-27)33-18/h3,9-11,14,18-19,21-23,27-30H,2,4-6,12H2,1H3,(H,25,26)/t14?,18-,19-,21-,22-,23-/m1/s1. The third-order valence-corrected chi connectivity index (χ3v) is 6.19. The summed E-state index contributed by atoms with van der Waals surface area (Å²) in [4.78, 5) is 12.0. The van der Waals surface area contributed by atoms with Crippen molar-refractivity contribution >= 4 is 22.4 Å². The number of esters is 1. The first-order chi connectivity index (χ1) is 15.9. The number of nitrogens with zero attached hydrogens (tertiary/aromatic N) is 1. The minimum Gasteiger partial charge on any atom is -0.466 e. The van der Waals surface area contributed by atoms with Crippen molar-refractivity contribution in [1.82, 2.24) is 10.2 Å². The number of H-pyrrole nitrogens is 1. The Morgan fingerprint density at radius 1 is 1.27 bits per heavy atom. The van der Waals surface area contributed by atoms with Crippen LogP contribution in [0.3, 0.4) is 0 Å². The molecule has 1 aromatic carbocycles. The van der Waals surface area contributed by atoms with Gasteiger partial charge in [-0.1, -0.05) is 17.9 Å². The molecule has 1 fully saturated rings. The van der Waals surface area contributed by atoms with Crippen LogP contribution in [0.15, 0.2) is 24.4 Å². The summed E-state index contributed by atoms with van der Waals surface area (Å²) in [6, 6.07) is 3.92. The first kappa shape index (κ1) is 23.4. The van der Waals surface area contributed by atoms with Gasteiger partial charge in [0, 0.05) is 5.39 Å². The van der Waals surface area contributed by atoms with E-state index in [1.54, 1.807) is 13.1 Å². The van der Waals surface area contributed by atoms with Gasteiger partial charge < -0.3 is 29.9 Å². The zero-order valence-electron chi connectivity index (χ0n) is 18.3. The van der Waals surface area contributed by atoms with E-state index in [0.717, 1.165) is 28.5 Å². The minimum absolute atomic E-state index is 0.128. The first-order valence-corrected chi connectivity index (χ1v) is 11.1. The van der Waals surface area contributed by atoms with Gasteiger partial charge in [-0.15, -0.1) is 0 Å². The Bertz CT molecular complexity index is 1100. The van der Waals surface area contributed by atoms with Gasteiger partial charge in [-0.25, -0.2) is 0 Å². The third kappa shape index (κ3) is 4.81. The fourth-order valence-corrected chi connectivity index (χ4v) is 4.28. The molecule has 0 spiro atoms. The lowest BCUT2D eigenvalue weighted by atomic mass is 9.86. The molecule has 0 saturated carbocycles. The van der Waals surface area contributed by atoms with Gasteiger partial charge in [0.1, 0.15) is 30.5 Å². The van der Waals surface area contributed by atoms with Crippen LogP contribution in [-0.4, -0.2) is 80.3 Å². The molecule has 2 aromatic rings. The molecule has 0 amide bonds. The Hall–Kier alpha value is -2.74. The van der Waals surface area contributed by atoms with Crippen molar-refractivity contribution in [3.05, 3.63) is 35.5 Å². The molecule has 6 atom stereocenters. The van der Waals surface area contributed by atoms with E-state index < -0.39 is 37.1 Å². The number of allylic oxidation sites excluding steroid dienone is 2. The lowest BCUT2D eigenvalue weighted by Gasteiger charge is -2.37. The van der Waals surface area contributed by atoms with Crippen LogP contribution in [-0.2, 0) is 14.3 Å². The van der Waals surface area contributed by atoms with Crippen molar-refractivity contribution in [3.8, 4) is 11.8 Å². The highest BCUT2D eigenvalue weighted by Crippen LogP contribution is 2.33. The van der Waals surface area contributed by atoms with Gasteiger partial charge in [0.25, 0.3) is 0 Å². The van der Waals surface area contributed by atoms with Crippen molar-refractivity contribution in [1.29, 1.82) is 0 Å². The van der Waals surface area contributed by atoms with E-state index >= 15 is 0 Å². The Morgan fingerprint density at radius 2 is 2.09 bits per heavy atom. The van der Waals surface area contributed by atoms with Crippen molar-refractivity contribution in [2.45, 2.75) is 56.7 Å². The van der Waals surface area contributed by atoms with Crippen LogP contribution in [0.5, 0.6) is 0 Å². The molecule has 1 aliphatic carbocycles.